The van der Waals surface area contributed by atoms with Crippen LogP contribution in [-0.2, 0) is 0 Å². The maximum Gasteiger partial charge on any atom is 0.136 e. The molecule has 0 aliphatic heterocycles. The van der Waals surface area contributed by atoms with Gasteiger partial charge in [0.05, 0.1) is 6.26 Å². The lowest BCUT2D eigenvalue weighted by molar-refractivity contribution is 0.617. The molecule has 2 aromatic heterocycles. The highest BCUT2D eigenvalue weighted by Gasteiger charge is 2.19. The maximum atomic E-state index is 6.37. The minimum absolute atomic E-state index is 0.887. The first kappa shape index (κ1) is 17.9. The Hall–Kier alpha value is -4.56. The zero-order valence-electron chi connectivity index (χ0n) is 18.2. The Morgan fingerprint density at radius 2 is 1.12 bits per heavy atom. The van der Waals surface area contributed by atoms with Crippen molar-refractivity contribution in [1.82, 2.24) is 0 Å². The second kappa shape index (κ2) is 6.49. The molecule has 0 spiro atoms. The lowest BCUT2D eigenvalue weighted by Gasteiger charge is -2.07. The van der Waals surface area contributed by atoms with Crippen molar-refractivity contribution >= 4 is 65.2 Å². The van der Waals surface area contributed by atoms with Gasteiger partial charge in [0.15, 0.2) is 0 Å². The van der Waals surface area contributed by atoms with Gasteiger partial charge < -0.3 is 8.83 Å². The first-order valence-corrected chi connectivity index (χ1v) is 11.5. The van der Waals surface area contributed by atoms with E-state index in [0.29, 0.717) is 0 Å². The predicted molar refractivity (Wildman–Crippen MR) is 141 cm³/mol. The van der Waals surface area contributed by atoms with Crippen LogP contribution >= 0.6 is 0 Å². The molecule has 0 aliphatic carbocycles. The molecule has 6 aromatic carbocycles. The minimum Gasteiger partial charge on any atom is -0.464 e. The fraction of sp³-hybridized carbons (Fsp3) is 0. The summed E-state index contributed by atoms with van der Waals surface area (Å²) in [4.78, 5) is 0. The summed E-state index contributed by atoms with van der Waals surface area (Å²) in [5.74, 6) is 0. The van der Waals surface area contributed by atoms with Crippen LogP contribution in [0.4, 0.5) is 0 Å². The minimum atomic E-state index is 0.887. The third-order valence-electron chi connectivity index (χ3n) is 7.10. The molecule has 2 nitrogen and oxygen atoms in total. The summed E-state index contributed by atoms with van der Waals surface area (Å²) < 4.78 is 12.5. The van der Waals surface area contributed by atoms with Crippen LogP contribution in [0.15, 0.2) is 118 Å². The average molecular weight is 434 g/mol. The molecule has 158 valence electrons. The highest BCUT2D eigenvalue weighted by atomic mass is 16.3. The SMILES string of the molecule is c1ccc2cc(-c3coc4ccc5ccc6oc7ccc8ccccc8c7c6c5c34)ccc2c1. The van der Waals surface area contributed by atoms with Crippen LogP contribution in [0.3, 0.4) is 0 Å². The molecule has 0 aliphatic rings. The van der Waals surface area contributed by atoms with Gasteiger partial charge in [-0.05, 0) is 56.8 Å². The van der Waals surface area contributed by atoms with E-state index in [-0.39, 0.29) is 0 Å². The molecule has 0 bridgehead atoms. The van der Waals surface area contributed by atoms with Crippen molar-refractivity contribution in [3.63, 3.8) is 0 Å². The number of fused-ring (bicyclic) bond motifs is 10. The van der Waals surface area contributed by atoms with E-state index in [0.717, 1.165) is 44.0 Å². The Morgan fingerprint density at radius 3 is 2.00 bits per heavy atom. The molecule has 0 unspecified atom stereocenters. The zero-order chi connectivity index (χ0) is 22.2. The van der Waals surface area contributed by atoms with Crippen LogP contribution in [0.1, 0.15) is 0 Å². The van der Waals surface area contributed by atoms with Crippen LogP contribution in [0.25, 0.3) is 76.4 Å². The van der Waals surface area contributed by atoms with E-state index in [1.54, 1.807) is 0 Å². The van der Waals surface area contributed by atoms with Gasteiger partial charge in [0.25, 0.3) is 0 Å². The summed E-state index contributed by atoms with van der Waals surface area (Å²) in [7, 11) is 0. The molecule has 2 heterocycles. The molecule has 0 saturated heterocycles. The smallest absolute Gasteiger partial charge is 0.136 e. The predicted octanol–water partition coefficient (Wildman–Crippen LogP) is 9.46. The van der Waals surface area contributed by atoms with Crippen molar-refractivity contribution in [3.8, 4) is 11.1 Å². The molecule has 0 radical (unpaired) electrons. The fourth-order valence-corrected chi connectivity index (χ4v) is 5.54. The van der Waals surface area contributed by atoms with Crippen molar-refractivity contribution in [1.29, 1.82) is 0 Å². The molecule has 0 N–H and O–H groups in total. The maximum absolute atomic E-state index is 6.37. The van der Waals surface area contributed by atoms with Gasteiger partial charge in [-0.15, -0.1) is 0 Å². The van der Waals surface area contributed by atoms with Crippen molar-refractivity contribution in [2.75, 3.05) is 0 Å². The molecule has 8 rings (SSSR count). The summed E-state index contributed by atoms with van der Waals surface area (Å²) in [5.41, 5.74) is 4.96. The van der Waals surface area contributed by atoms with Crippen molar-refractivity contribution in [2.24, 2.45) is 0 Å². The van der Waals surface area contributed by atoms with Crippen LogP contribution in [0.5, 0.6) is 0 Å². The molecule has 0 amide bonds. The quantitative estimate of drug-likeness (QED) is 0.257. The Balaban J connectivity index is 1.58. The summed E-state index contributed by atoms with van der Waals surface area (Å²) >= 11 is 0. The van der Waals surface area contributed by atoms with Gasteiger partial charge in [-0.2, -0.15) is 0 Å². The third kappa shape index (κ3) is 2.35. The van der Waals surface area contributed by atoms with Crippen LogP contribution in [0, 0.1) is 0 Å². The third-order valence-corrected chi connectivity index (χ3v) is 7.10. The Kier molecular flexibility index (Phi) is 3.42. The molecule has 0 atom stereocenters. The van der Waals surface area contributed by atoms with Crippen molar-refractivity contribution in [3.05, 3.63) is 109 Å². The molecule has 34 heavy (non-hydrogen) atoms. The standard InChI is InChI=1S/C32H18O2/c1-2-7-22-17-23(10-9-19(22)5-1)25-18-33-26-14-12-21-13-16-28-32(29(21)31(25)26)30-24-8-4-3-6-20(24)11-15-27(30)34-28/h1-18H. The Morgan fingerprint density at radius 1 is 0.441 bits per heavy atom. The van der Waals surface area contributed by atoms with E-state index in [2.05, 4.69) is 103 Å². The van der Waals surface area contributed by atoms with E-state index in [1.165, 1.54) is 32.3 Å². The molecule has 0 fully saturated rings. The van der Waals surface area contributed by atoms with Gasteiger partial charge in [-0.1, -0.05) is 78.9 Å². The number of hydrogen-bond donors (Lipinski definition) is 0. The lowest BCUT2D eigenvalue weighted by Crippen LogP contribution is -1.82. The zero-order valence-corrected chi connectivity index (χ0v) is 18.2. The van der Waals surface area contributed by atoms with Crippen LogP contribution in [-0.4, -0.2) is 0 Å². The van der Waals surface area contributed by atoms with Crippen LogP contribution < -0.4 is 0 Å². The average Bonchev–Trinajstić information content (AvgIpc) is 3.50. The fourth-order valence-electron chi connectivity index (χ4n) is 5.54. The largest absolute Gasteiger partial charge is 0.464 e. The van der Waals surface area contributed by atoms with Crippen molar-refractivity contribution in [2.45, 2.75) is 0 Å². The number of furan rings is 2. The molecule has 2 heteroatoms. The molecule has 0 saturated carbocycles. The molecular formula is C32H18O2. The topological polar surface area (TPSA) is 26.3 Å². The Bertz CT molecular complexity index is 2070. The van der Waals surface area contributed by atoms with E-state index >= 15 is 0 Å². The van der Waals surface area contributed by atoms with Crippen molar-refractivity contribution < 1.29 is 8.83 Å². The first-order valence-electron chi connectivity index (χ1n) is 11.5. The van der Waals surface area contributed by atoms with E-state index in [9.17, 15) is 0 Å². The summed E-state index contributed by atoms with van der Waals surface area (Å²) in [6, 6.07) is 36.3. The van der Waals surface area contributed by atoms with Gasteiger partial charge in [-0.25, -0.2) is 0 Å². The molecule has 8 aromatic rings. The second-order valence-corrected chi connectivity index (χ2v) is 8.95. The van der Waals surface area contributed by atoms with E-state index < -0.39 is 0 Å². The van der Waals surface area contributed by atoms with Crippen LogP contribution in [0.2, 0.25) is 0 Å². The first-order chi connectivity index (χ1) is 16.8. The number of hydrogen-bond acceptors (Lipinski definition) is 2. The summed E-state index contributed by atoms with van der Waals surface area (Å²) in [5, 5.41) is 10.7. The lowest BCUT2D eigenvalue weighted by atomic mass is 9.94. The highest BCUT2D eigenvalue weighted by molar-refractivity contribution is 6.32. The number of benzene rings is 6. The van der Waals surface area contributed by atoms with E-state index in [1.807, 2.05) is 6.26 Å². The van der Waals surface area contributed by atoms with Gasteiger partial charge in [-0.3, -0.25) is 0 Å². The summed E-state index contributed by atoms with van der Waals surface area (Å²) in [6.45, 7) is 0. The second-order valence-electron chi connectivity index (χ2n) is 8.95. The van der Waals surface area contributed by atoms with Gasteiger partial charge >= 0.3 is 0 Å². The van der Waals surface area contributed by atoms with Gasteiger partial charge in [0, 0.05) is 27.1 Å². The monoisotopic (exact) mass is 434 g/mol. The number of rotatable bonds is 1. The van der Waals surface area contributed by atoms with E-state index in [4.69, 9.17) is 8.83 Å². The Labute approximate surface area is 194 Å². The summed E-state index contributed by atoms with van der Waals surface area (Å²) in [6.07, 6.45) is 1.90. The van der Waals surface area contributed by atoms with Gasteiger partial charge in [0.1, 0.15) is 16.7 Å². The molecular weight excluding hydrogens is 416 g/mol. The normalized spacial score (nSPS) is 12.1. The van der Waals surface area contributed by atoms with Gasteiger partial charge in [0.2, 0.25) is 0 Å². The highest BCUT2D eigenvalue weighted by Crippen LogP contribution is 2.44.